The van der Waals surface area contributed by atoms with Gasteiger partial charge in [-0.05, 0) is 17.7 Å². The number of rotatable bonds is 9. The van der Waals surface area contributed by atoms with Crippen LogP contribution in [0.3, 0.4) is 0 Å². The molecule has 13 nitrogen and oxygen atoms in total. The molecule has 0 unspecified atom stereocenters. The number of hydrogen-bond acceptors (Lipinski definition) is 10. The predicted molar refractivity (Wildman–Crippen MR) is 108 cm³/mol. The summed E-state index contributed by atoms with van der Waals surface area (Å²) in [5.41, 5.74) is 0.0142. The maximum atomic E-state index is 12.7. The van der Waals surface area contributed by atoms with Crippen LogP contribution in [0.4, 0.5) is 10.7 Å². The molecule has 0 aliphatic heterocycles. The minimum absolute atomic E-state index is 0.0549. The third kappa shape index (κ3) is 6.87. The summed E-state index contributed by atoms with van der Waals surface area (Å²) in [4.78, 5) is 30.6. The molecule has 2 aromatic rings. The van der Waals surface area contributed by atoms with Gasteiger partial charge in [0.1, 0.15) is 0 Å². The number of carbonyl (C=O) groups is 2. The van der Waals surface area contributed by atoms with Crippen LogP contribution in [-0.2, 0) is 26.6 Å². The van der Waals surface area contributed by atoms with Gasteiger partial charge in [0.25, 0.3) is 10.0 Å². The van der Waals surface area contributed by atoms with Crippen molar-refractivity contribution in [2.75, 3.05) is 25.8 Å². The fourth-order valence-corrected chi connectivity index (χ4v) is 3.77. The number of anilines is 1. The number of hydrogen-bond donors (Lipinski definition) is 3. The molecule has 2 rings (SSSR count). The van der Waals surface area contributed by atoms with Gasteiger partial charge in [-0.3, -0.25) is 10.1 Å². The van der Waals surface area contributed by atoms with Crippen LogP contribution < -0.4 is 24.2 Å². The molecule has 0 bridgehead atoms. The highest BCUT2D eigenvalue weighted by molar-refractivity contribution is 7.90. The Morgan fingerprint density at radius 2 is 1.68 bits per heavy atom. The number of aromatic nitrogens is 2. The van der Waals surface area contributed by atoms with E-state index in [0.29, 0.717) is 0 Å². The zero-order valence-electron chi connectivity index (χ0n) is 16.6. The van der Waals surface area contributed by atoms with E-state index in [1.165, 1.54) is 32.4 Å². The van der Waals surface area contributed by atoms with E-state index in [2.05, 4.69) is 20.0 Å². The number of benzene rings is 1. The Bertz CT molecular complexity index is 1180. The molecule has 0 aliphatic carbocycles. The van der Waals surface area contributed by atoms with Crippen molar-refractivity contribution in [1.29, 1.82) is 0 Å². The Kier molecular flexibility index (Phi) is 7.48. The first-order chi connectivity index (χ1) is 14.5. The van der Waals surface area contributed by atoms with Crippen molar-refractivity contribution < 1.29 is 35.9 Å². The molecule has 0 saturated heterocycles. The minimum Gasteiger partial charge on any atom is -0.481 e. The molecule has 1 heterocycles. The first-order valence-corrected chi connectivity index (χ1v) is 11.7. The van der Waals surface area contributed by atoms with Crippen LogP contribution in [0.25, 0.3) is 0 Å². The molecular weight excluding hydrogens is 454 g/mol. The van der Waals surface area contributed by atoms with Crippen LogP contribution in [0.1, 0.15) is 15.9 Å². The van der Waals surface area contributed by atoms with Crippen molar-refractivity contribution in [3.63, 3.8) is 0 Å². The lowest BCUT2D eigenvalue weighted by molar-refractivity contribution is 0.112. The summed E-state index contributed by atoms with van der Waals surface area (Å²) in [5, 5.41) is 2.12. The van der Waals surface area contributed by atoms with E-state index < -0.39 is 31.0 Å². The van der Waals surface area contributed by atoms with Crippen LogP contribution in [0.5, 0.6) is 11.8 Å². The summed E-state index contributed by atoms with van der Waals surface area (Å²) in [6.45, 7) is -0.218. The predicted octanol–water partition coefficient (Wildman–Crippen LogP) is -0.134. The van der Waals surface area contributed by atoms with Gasteiger partial charge in [0.05, 0.1) is 31.4 Å². The summed E-state index contributed by atoms with van der Waals surface area (Å²) < 4.78 is 61.6. The molecule has 0 spiro atoms. The van der Waals surface area contributed by atoms with Crippen LogP contribution >= 0.6 is 0 Å². The van der Waals surface area contributed by atoms with E-state index >= 15 is 0 Å². The summed E-state index contributed by atoms with van der Waals surface area (Å²) in [6, 6.07) is 3.76. The number of urea groups is 1. The van der Waals surface area contributed by atoms with E-state index in [1.54, 1.807) is 4.72 Å². The second-order valence-corrected chi connectivity index (χ2v) is 9.40. The van der Waals surface area contributed by atoms with Gasteiger partial charge in [0.15, 0.2) is 6.29 Å². The SMILES string of the molecule is COc1cc(OC)nc(NC(=O)NS(=O)(=O)c2cc(CNS(C)(=O)=O)ccc2C=O)n1. The molecule has 1 aromatic heterocycles. The summed E-state index contributed by atoms with van der Waals surface area (Å²) in [6.07, 6.45) is 1.22. The summed E-state index contributed by atoms with van der Waals surface area (Å²) in [5.74, 6) is -0.190. The molecule has 168 valence electrons. The third-order valence-corrected chi connectivity index (χ3v) is 5.64. The molecule has 0 saturated carbocycles. The monoisotopic (exact) mass is 473 g/mol. The van der Waals surface area contributed by atoms with Crippen molar-refractivity contribution in [3.05, 3.63) is 35.4 Å². The largest absolute Gasteiger partial charge is 0.481 e. The number of sulfonamides is 2. The van der Waals surface area contributed by atoms with Gasteiger partial charge in [-0.15, -0.1) is 0 Å². The average Bonchev–Trinajstić information content (AvgIpc) is 2.70. The number of amides is 2. The molecular formula is C16H19N5O8S2. The zero-order chi connectivity index (χ0) is 23.2. The molecule has 3 N–H and O–H groups in total. The maximum absolute atomic E-state index is 12.7. The van der Waals surface area contributed by atoms with Gasteiger partial charge in [-0.1, -0.05) is 6.07 Å². The van der Waals surface area contributed by atoms with Gasteiger partial charge < -0.3 is 9.47 Å². The first kappa shape index (κ1) is 24.0. The molecule has 0 fully saturated rings. The highest BCUT2D eigenvalue weighted by Gasteiger charge is 2.23. The Morgan fingerprint density at radius 1 is 1.06 bits per heavy atom. The van der Waals surface area contributed by atoms with E-state index in [0.717, 1.165) is 12.3 Å². The Balaban J connectivity index is 2.26. The number of aldehydes is 1. The topological polar surface area (TPSA) is 183 Å². The quantitative estimate of drug-likeness (QED) is 0.415. The van der Waals surface area contributed by atoms with Gasteiger partial charge in [-0.2, -0.15) is 9.97 Å². The molecule has 0 atom stereocenters. The van der Waals surface area contributed by atoms with Gasteiger partial charge in [-0.25, -0.2) is 31.1 Å². The lowest BCUT2D eigenvalue weighted by Crippen LogP contribution is -2.35. The van der Waals surface area contributed by atoms with Gasteiger partial charge in [0.2, 0.25) is 27.7 Å². The van der Waals surface area contributed by atoms with Crippen molar-refractivity contribution in [3.8, 4) is 11.8 Å². The zero-order valence-corrected chi connectivity index (χ0v) is 18.2. The Hall–Kier alpha value is -3.30. The van der Waals surface area contributed by atoms with Crippen molar-refractivity contribution in [1.82, 2.24) is 19.4 Å². The standard InChI is InChI=1S/C16H19N5O8S2/c1-28-13-7-14(29-2)19-15(18-13)20-16(23)21-31(26,27)12-6-10(4-5-11(12)9-22)8-17-30(3,24)25/h4-7,9,17H,8H2,1-3H3,(H2,18,19,20,21,23). The maximum Gasteiger partial charge on any atom is 0.335 e. The van der Waals surface area contributed by atoms with E-state index in [1.807, 2.05) is 0 Å². The minimum atomic E-state index is -4.52. The van der Waals surface area contributed by atoms with E-state index in [9.17, 15) is 26.4 Å². The Morgan fingerprint density at radius 3 is 2.19 bits per heavy atom. The lowest BCUT2D eigenvalue weighted by Gasteiger charge is -2.12. The number of methoxy groups -OCH3 is 2. The second-order valence-electron chi connectivity index (χ2n) is 5.92. The highest BCUT2D eigenvalue weighted by Crippen LogP contribution is 2.19. The Labute approximate surface area is 178 Å². The molecule has 31 heavy (non-hydrogen) atoms. The van der Waals surface area contributed by atoms with Crippen LogP contribution in [0, 0.1) is 0 Å². The first-order valence-electron chi connectivity index (χ1n) is 8.31. The average molecular weight is 473 g/mol. The van der Waals surface area contributed by atoms with E-state index in [-0.39, 0.29) is 41.7 Å². The molecule has 0 aliphatic rings. The van der Waals surface area contributed by atoms with Crippen molar-refractivity contribution >= 4 is 38.3 Å². The van der Waals surface area contributed by atoms with Crippen LogP contribution in [0.2, 0.25) is 0 Å². The highest BCUT2D eigenvalue weighted by atomic mass is 32.2. The molecule has 15 heteroatoms. The van der Waals surface area contributed by atoms with Crippen molar-refractivity contribution in [2.24, 2.45) is 0 Å². The normalized spacial score (nSPS) is 11.5. The number of ether oxygens (including phenoxy) is 2. The fourth-order valence-electron chi connectivity index (χ4n) is 2.21. The third-order valence-electron chi connectivity index (χ3n) is 3.58. The number of nitrogens with zero attached hydrogens (tertiary/aromatic N) is 2. The van der Waals surface area contributed by atoms with Gasteiger partial charge >= 0.3 is 6.03 Å². The van der Waals surface area contributed by atoms with E-state index in [4.69, 9.17) is 9.47 Å². The molecule has 0 radical (unpaired) electrons. The number of carbonyl (C=O) groups excluding carboxylic acids is 2. The van der Waals surface area contributed by atoms with Crippen molar-refractivity contribution in [2.45, 2.75) is 11.4 Å². The lowest BCUT2D eigenvalue weighted by atomic mass is 10.1. The fraction of sp³-hybridized carbons (Fsp3) is 0.250. The smallest absolute Gasteiger partial charge is 0.335 e. The number of nitrogens with one attached hydrogen (secondary N) is 3. The van der Waals surface area contributed by atoms with Gasteiger partial charge in [0, 0.05) is 12.1 Å². The molecule has 1 aromatic carbocycles. The van der Waals surface area contributed by atoms with Crippen LogP contribution in [0.15, 0.2) is 29.2 Å². The summed E-state index contributed by atoms with van der Waals surface area (Å²) >= 11 is 0. The van der Waals surface area contributed by atoms with Crippen LogP contribution in [-0.4, -0.2) is 59.6 Å². The molecule has 2 amide bonds. The summed E-state index contributed by atoms with van der Waals surface area (Å²) in [7, 11) is -5.41. The second kappa shape index (κ2) is 9.67.